The minimum absolute atomic E-state index is 0.177. The van der Waals surface area contributed by atoms with E-state index in [0.717, 1.165) is 36.9 Å². The number of nitrogens with zero attached hydrogens (tertiary/aromatic N) is 1. The van der Waals surface area contributed by atoms with E-state index in [1.54, 1.807) is 0 Å². The number of aliphatic hydroxyl groups is 1. The summed E-state index contributed by atoms with van der Waals surface area (Å²) in [7, 11) is 1.98. The summed E-state index contributed by atoms with van der Waals surface area (Å²) in [4.78, 5) is 2.44. The van der Waals surface area contributed by atoms with Crippen LogP contribution in [0.5, 0.6) is 0 Å². The van der Waals surface area contributed by atoms with E-state index in [2.05, 4.69) is 44.3 Å². The summed E-state index contributed by atoms with van der Waals surface area (Å²) in [6.07, 6.45) is 1.98. The highest BCUT2D eigenvalue weighted by Gasteiger charge is 2.23. The Kier molecular flexibility index (Phi) is 5.25. The van der Waals surface area contributed by atoms with Gasteiger partial charge in [-0.05, 0) is 56.5 Å². The van der Waals surface area contributed by atoms with Gasteiger partial charge in [-0.15, -0.1) is 0 Å². The molecule has 3 nitrogen and oxygen atoms in total. The molecule has 0 radical (unpaired) electrons. The van der Waals surface area contributed by atoms with E-state index in [1.807, 2.05) is 14.0 Å². The Morgan fingerprint density at radius 1 is 1.42 bits per heavy atom. The van der Waals surface area contributed by atoms with E-state index in [9.17, 15) is 5.11 Å². The molecule has 1 fully saturated rings. The number of rotatable bonds is 4. The topological polar surface area (TPSA) is 35.5 Å². The van der Waals surface area contributed by atoms with Gasteiger partial charge in [0.05, 0.1) is 6.10 Å². The second-order valence-electron chi connectivity index (χ2n) is 5.37. The van der Waals surface area contributed by atoms with Crippen LogP contribution in [0.4, 0.5) is 5.69 Å². The molecule has 0 amide bonds. The molecule has 1 heterocycles. The predicted octanol–water partition coefficient (Wildman–Crippen LogP) is 2.77. The second kappa shape index (κ2) is 6.73. The molecule has 1 aromatic carbocycles. The van der Waals surface area contributed by atoms with Crippen LogP contribution in [-0.4, -0.2) is 31.3 Å². The highest BCUT2D eigenvalue weighted by molar-refractivity contribution is 9.10. The van der Waals surface area contributed by atoms with Crippen LogP contribution in [0.3, 0.4) is 0 Å². The molecule has 1 atom stereocenters. The first-order valence-corrected chi connectivity index (χ1v) is 7.77. The normalized spacial score (nSPS) is 18.6. The van der Waals surface area contributed by atoms with E-state index in [4.69, 9.17) is 0 Å². The summed E-state index contributed by atoms with van der Waals surface area (Å²) >= 11 is 3.54. The van der Waals surface area contributed by atoms with Crippen LogP contribution in [0.15, 0.2) is 22.7 Å². The molecule has 0 aromatic heterocycles. The molecule has 1 unspecified atom stereocenters. The van der Waals surface area contributed by atoms with E-state index in [1.165, 1.54) is 11.3 Å². The lowest BCUT2D eigenvalue weighted by atomic mass is 9.91. The summed E-state index contributed by atoms with van der Waals surface area (Å²) in [6, 6.07) is 6.49. The Hall–Kier alpha value is -0.580. The summed E-state index contributed by atoms with van der Waals surface area (Å²) < 4.78 is 1.13. The Balaban J connectivity index is 2.10. The van der Waals surface area contributed by atoms with Crippen molar-refractivity contribution >= 4 is 21.6 Å². The highest BCUT2D eigenvalue weighted by Crippen LogP contribution is 2.29. The van der Waals surface area contributed by atoms with Crippen LogP contribution in [0, 0.1) is 5.92 Å². The van der Waals surface area contributed by atoms with Crippen molar-refractivity contribution in [2.75, 3.05) is 25.0 Å². The fourth-order valence-corrected chi connectivity index (χ4v) is 3.23. The number of halogens is 1. The van der Waals surface area contributed by atoms with Gasteiger partial charge in [0.1, 0.15) is 0 Å². The van der Waals surface area contributed by atoms with Crippen LogP contribution in [-0.2, 0) is 6.54 Å². The molecule has 2 N–H and O–H groups in total. The molecular weight excluding hydrogens is 304 g/mol. The Morgan fingerprint density at radius 2 is 2.11 bits per heavy atom. The molecule has 1 aliphatic heterocycles. The molecule has 0 bridgehead atoms. The summed E-state index contributed by atoms with van der Waals surface area (Å²) in [5, 5.41) is 12.9. The zero-order chi connectivity index (χ0) is 13.8. The van der Waals surface area contributed by atoms with E-state index in [0.29, 0.717) is 5.92 Å². The molecule has 0 aliphatic carbocycles. The Bertz CT molecular complexity index is 415. The lowest BCUT2D eigenvalue weighted by Gasteiger charge is -2.36. The van der Waals surface area contributed by atoms with Crippen molar-refractivity contribution in [2.24, 2.45) is 5.92 Å². The van der Waals surface area contributed by atoms with Crippen molar-refractivity contribution in [1.82, 2.24) is 5.32 Å². The second-order valence-corrected chi connectivity index (χ2v) is 6.28. The number of hydrogen-bond donors (Lipinski definition) is 2. The van der Waals surface area contributed by atoms with Crippen LogP contribution >= 0.6 is 15.9 Å². The quantitative estimate of drug-likeness (QED) is 0.893. The van der Waals surface area contributed by atoms with Crippen LogP contribution < -0.4 is 10.2 Å². The third-order valence-electron chi connectivity index (χ3n) is 3.97. The van der Waals surface area contributed by atoms with Crippen molar-refractivity contribution in [1.29, 1.82) is 0 Å². The number of benzene rings is 1. The summed E-state index contributed by atoms with van der Waals surface area (Å²) in [5.41, 5.74) is 2.65. The number of aliphatic hydroxyl groups excluding tert-OH is 1. The lowest BCUT2D eigenvalue weighted by Crippen LogP contribution is -2.37. The van der Waals surface area contributed by atoms with Gasteiger partial charge >= 0.3 is 0 Å². The maximum absolute atomic E-state index is 9.67. The number of nitrogens with one attached hydrogen (secondary N) is 1. The van der Waals surface area contributed by atoms with E-state index in [-0.39, 0.29) is 6.10 Å². The monoisotopic (exact) mass is 326 g/mol. The number of anilines is 1. The first-order valence-electron chi connectivity index (χ1n) is 6.98. The third-order valence-corrected chi connectivity index (χ3v) is 4.46. The molecule has 106 valence electrons. The van der Waals surface area contributed by atoms with Gasteiger partial charge < -0.3 is 15.3 Å². The predicted molar refractivity (Wildman–Crippen MR) is 83.5 cm³/mol. The van der Waals surface area contributed by atoms with E-state index >= 15 is 0 Å². The molecule has 4 heteroatoms. The van der Waals surface area contributed by atoms with Gasteiger partial charge in [-0.2, -0.15) is 0 Å². The van der Waals surface area contributed by atoms with Gasteiger partial charge in [0.2, 0.25) is 0 Å². The highest BCUT2D eigenvalue weighted by atomic mass is 79.9. The molecule has 0 saturated carbocycles. The first kappa shape index (κ1) is 14.8. The largest absolute Gasteiger partial charge is 0.393 e. The van der Waals surface area contributed by atoms with Crippen LogP contribution in [0.1, 0.15) is 25.3 Å². The zero-order valence-electron chi connectivity index (χ0n) is 11.7. The van der Waals surface area contributed by atoms with E-state index < -0.39 is 0 Å². The SMILES string of the molecule is CNCc1cc(Br)ccc1N1CCC(C(C)O)CC1. The molecule has 1 aromatic rings. The van der Waals surface area contributed by atoms with Crippen molar-refractivity contribution < 1.29 is 5.11 Å². The fourth-order valence-electron chi connectivity index (χ4n) is 2.82. The minimum Gasteiger partial charge on any atom is -0.393 e. The first-order chi connectivity index (χ1) is 9.11. The smallest absolute Gasteiger partial charge is 0.0541 e. The fraction of sp³-hybridized carbons (Fsp3) is 0.600. The molecule has 0 spiro atoms. The maximum Gasteiger partial charge on any atom is 0.0541 e. The standard InChI is InChI=1S/C15H23BrN2O/c1-11(19)12-5-7-18(8-6-12)15-4-3-14(16)9-13(15)10-17-2/h3-4,9,11-12,17,19H,5-8,10H2,1-2H3. The van der Waals surface area contributed by atoms with Crippen molar-refractivity contribution in [3.63, 3.8) is 0 Å². The average Bonchev–Trinajstić information content (AvgIpc) is 2.39. The van der Waals surface area contributed by atoms with Gasteiger partial charge in [0.15, 0.2) is 0 Å². The average molecular weight is 327 g/mol. The Labute approximate surface area is 124 Å². The minimum atomic E-state index is -0.177. The van der Waals surface area contributed by atoms with Crippen LogP contribution in [0.25, 0.3) is 0 Å². The number of piperidine rings is 1. The van der Waals surface area contributed by atoms with Crippen LogP contribution in [0.2, 0.25) is 0 Å². The van der Waals surface area contributed by atoms with Crippen molar-refractivity contribution in [3.05, 3.63) is 28.2 Å². The molecule has 1 saturated heterocycles. The lowest BCUT2D eigenvalue weighted by molar-refractivity contribution is 0.110. The molecule has 19 heavy (non-hydrogen) atoms. The molecule has 2 rings (SSSR count). The zero-order valence-corrected chi connectivity index (χ0v) is 13.3. The van der Waals surface area contributed by atoms with Crippen molar-refractivity contribution in [2.45, 2.75) is 32.4 Å². The summed E-state index contributed by atoms with van der Waals surface area (Å²) in [5.74, 6) is 0.458. The maximum atomic E-state index is 9.67. The summed E-state index contributed by atoms with van der Waals surface area (Å²) in [6.45, 7) is 4.86. The molecular formula is C15H23BrN2O. The van der Waals surface area contributed by atoms with Gasteiger partial charge in [-0.25, -0.2) is 0 Å². The van der Waals surface area contributed by atoms with Gasteiger partial charge in [-0.1, -0.05) is 15.9 Å². The number of hydrogen-bond acceptors (Lipinski definition) is 3. The van der Waals surface area contributed by atoms with Crippen molar-refractivity contribution in [3.8, 4) is 0 Å². The van der Waals surface area contributed by atoms with Gasteiger partial charge in [0.25, 0.3) is 0 Å². The van der Waals surface area contributed by atoms with Gasteiger partial charge in [-0.3, -0.25) is 0 Å². The molecule has 1 aliphatic rings. The third kappa shape index (κ3) is 3.71. The van der Waals surface area contributed by atoms with Gasteiger partial charge in [0, 0.05) is 29.8 Å². The Morgan fingerprint density at radius 3 is 2.68 bits per heavy atom.